The molecule has 1 saturated carbocycles. The summed E-state index contributed by atoms with van der Waals surface area (Å²) in [6.45, 7) is 2.19. The Labute approximate surface area is 124 Å². The zero-order chi connectivity index (χ0) is 14.8. The van der Waals surface area contributed by atoms with E-state index in [2.05, 4.69) is 27.6 Å². The predicted octanol–water partition coefficient (Wildman–Crippen LogP) is 5.31. The van der Waals surface area contributed by atoms with E-state index < -0.39 is 6.36 Å². The highest BCUT2D eigenvalue weighted by atomic mass is 79.9. The average molecular weight is 353 g/mol. The number of hydrogen-bond donors (Lipinski definition) is 0. The molecule has 0 N–H and O–H groups in total. The zero-order valence-electron chi connectivity index (χ0n) is 11.0. The lowest BCUT2D eigenvalue weighted by Crippen LogP contribution is -2.24. The Morgan fingerprint density at radius 1 is 1.25 bits per heavy atom. The molecule has 0 radical (unpaired) electrons. The van der Waals surface area contributed by atoms with E-state index in [0.717, 1.165) is 19.3 Å². The second-order valence-electron chi connectivity index (χ2n) is 5.15. The minimum Gasteiger partial charge on any atom is -0.490 e. The smallest absolute Gasteiger partial charge is 0.490 e. The molecule has 2 nitrogen and oxygen atoms in total. The third kappa shape index (κ3) is 4.58. The van der Waals surface area contributed by atoms with Crippen LogP contribution in [0.5, 0.6) is 11.5 Å². The Balaban J connectivity index is 2.01. The Hall–Kier alpha value is -0.910. The number of benzene rings is 1. The second kappa shape index (κ2) is 6.24. The van der Waals surface area contributed by atoms with E-state index in [1.54, 1.807) is 0 Å². The molecule has 1 aliphatic carbocycles. The van der Waals surface area contributed by atoms with Gasteiger partial charge in [-0.05, 0) is 59.3 Å². The number of alkyl halides is 3. The molecule has 112 valence electrons. The maximum absolute atomic E-state index is 12.2. The SMILES string of the molecule is CC1CCCC(Oc2ccc(OC(F)(F)F)c(Br)c2)C1. The van der Waals surface area contributed by atoms with Gasteiger partial charge in [0.25, 0.3) is 0 Å². The molecule has 0 heterocycles. The topological polar surface area (TPSA) is 18.5 Å². The lowest BCUT2D eigenvalue weighted by molar-refractivity contribution is -0.274. The fraction of sp³-hybridized carbons (Fsp3) is 0.571. The van der Waals surface area contributed by atoms with Crippen molar-refractivity contribution in [3.8, 4) is 11.5 Å². The third-order valence-electron chi connectivity index (χ3n) is 3.32. The lowest BCUT2D eigenvalue weighted by Gasteiger charge is -2.27. The maximum atomic E-state index is 12.2. The Bertz CT molecular complexity index is 462. The van der Waals surface area contributed by atoms with Gasteiger partial charge in [0.15, 0.2) is 0 Å². The van der Waals surface area contributed by atoms with Crippen LogP contribution < -0.4 is 9.47 Å². The first kappa shape index (κ1) is 15.5. The molecule has 1 aromatic rings. The molecule has 0 aliphatic heterocycles. The van der Waals surface area contributed by atoms with Gasteiger partial charge < -0.3 is 9.47 Å². The number of hydrogen-bond acceptors (Lipinski definition) is 2. The van der Waals surface area contributed by atoms with Gasteiger partial charge in [0.05, 0.1) is 10.6 Å². The molecule has 2 atom stereocenters. The first-order chi connectivity index (χ1) is 9.33. The van der Waals surface area contributed by atoms with E-state index >= 15 is 0 Å². The molecule has 2 unspecified atom stereocenters. The lowest BCUT2D eigenvalue weighted by atomic mass is 9.89. The fourth-order valence-corrected chi connectivity index (χ4v) is 2.88. The molecule has 0 spiro atoms. The van der Waals surface area contributed by atoms with Gasteiger partial charge in [0.2, 0.25) is 0 Å². The van der Waals surface area contributed by atoms with Crippen molar-refractivity contribution in [2.45, 2.75) is 45.1 Å². The molecule has 2 rings (SSSR count). The molecule has 0 amide bonds. The van der Waals surface area contributed by atoms with Crippen LogP contribution in [0.1, 0.15) is 32.6 Å². The normalized spacial score (nSPS) is 23.4. The summed E-state index contributed by atoms with van der Waals surface area (Å²) in [6.07, 6.45) is -0.241. The van der Waals surface area contributed by atoms with E-state index in [0.29, 0.717) is 11.7 Å². The average Bonchev–Trinajstić information content (AvgIpc) is 2.31. The van der Waals surface area contributed by atoms with Crippen molar-refractivity contribution < 1.29 is 22.6 Å². The molecule has 20 heavy (non-hydrogen) atoms. The van der Waals surface area contributed by atoms with Crippen molar-refractivity contribution in [2.75, 3.05) is 0 Å². The minimum atomic E-state index is -4.69. The molecule has 1 aromatic carbocycles. The summed E-state index contributed by atoms with van der Waals surface area (Å²) in [5.41, 5.74) is 0. The van der Waals surface area contributed by atoms with Gasteiger partial charge in [-0.2, -0.15) is 0 Å². The van der Waals surface area contributed by atoms with E-state index in [1.165, 1.54) is 24.6 Å². The standard InChI is InChI=1S/C14H16BrF3O2/c1-9-3-2-4-10(7-9)19-11-5-6-13(12(15)8-11)20-14(16,17)18/h5-6,8-10H,2-4,7H2,1H3. The minimum absolute atomic E-state index is 0.139. The van der Waals surface area contributed by atoms with Crippen molar-refractivity contribution in [1.82, 2.24) is 0 Å². The predicted molar refractivity (Wildman–Crippen MR) is 72.9 cm³/mol. The first-order valence-electron chi connectivity index (χ1n) is 6.55. The van der Waals surface area contributed by atoms with Gasteiger partial charge in [0, 0.05) is 0 Å². The van der Waals surface area contributed by atoms with Crippen LogP contribution >= 0.6 is 15.9 Å². The summed E-state index contributed by atoms with van der Waals surface area (Å²) in [7, 11) is 0. The van der Waals surface area contributed by atoms with Crippen molar-refractivity contribution in [3.05, 3.63) is 22.7 Å². The van der Waals surface area contributed by atoms with Crippen LogP contribution in [0.4, 0.5) is 13.2 Å². The van der Waals surface area contributed by atoms with Crippen molar-refractivity contribution in [2.24, 2.45) is 5.92 Å². The van der Waals surface area contributed by atoms with Crippen LogP contribution in [-0.2, 0) is 0 Å². The highest BCUT2D eigenvalue weighted by Crippen LogP contribution is 2.34. The molecular weight excluding hydrogens is 337 g/mol. The van der Waals surface area contributed by atoms with E-state index in [1.807, 2.05) is 0 Å². The highest BCUT2D eigenvalue weighted by molar-refractivity contribution is 9.10. The maximum Gasteiger partial charge on any atom is 0.573 e. The molecule has 0 saturated heterocycles. The largest absolute Gasteiger partial charge is 0.573 e. The Morgan fingerprint density at radius 2 is 2.00 bits per heavy atom. The van der Waals surface area contributed by atoms with Gasteiger partial charge in [0.1, 0.15) is 11.5 Å². The fourth-order valence-electron chi connectivity index (χ4n) is 2.44. The van der Waals surface area contributed by atoms with Gasteiger partial charge in [-0.15, -0.1) is 13.2 Å². The molecule has 6 heteroatoms. The summed E-state index contributed by atoms with van der Waals surface area (Å²) in [5, 5.41) is 0. The van der Waals surface area contributed by atoms with Crippen LogP contribution in [0.25, 0.3) is 0 Å². The van der Waals surface area contributed by atoms with Gasteiger partial charge in [-0.1, -0.05) is 13.3 Å². The van der Waals surface area contributed by atoms with Crippen LogP contribution in [-0.4, -0.2) is 12.5 Å². The third-order valence-corrected chi connectivity index (χ3v) is 3.94. The number of rotatable bonds is 3. The van der Waals surface area contributed by atoms with Crippen LogP contribution in [0.15, 0.2) is 22.7 Å². The Kier molecular flexibility index (Phi) is 4.83. The van der Waals surface area contributed by atoms with Crippen molar-refractivity contribution in [1.29, 1.82) is 0 Å². The van der Waals surface area contributed by atoms with Gasteiger partial charge >= 0.3 is 6.36 Å². The molecule has 0 aromatic heterocycles. The second-order valence-corrected chi connectivity index (χ2v) is 6.01. The number of ether oxygens (including phenoxy) is 2. The summed E-state index contributed by atoms with van der Waals surface area (Å²) in [4.78, 5) is 0. The van der Waals surface area contributed by atoms with Crippen LogP contribution in [0.2, 0.25) is 0 Å². The highest BCUT2D eigenvalue weighted by Gasteiger charge is 2.32. The van der Waals surface area contributed by atoms with Crippen LogP contribution in [0, 0.1) is 5.92 Å². The number of halogens is 4. The summed E-state index contributed by atoms with van der Waals surface area (Å²) in [6, 6.07) is 4.28. The van der Waals surface area contributed by atoms with Gasteiger partial charge in [-0.25, -0.2) is 0 Å². The van der Waals surface area contributed by atoms with E-state index in [-0.39, 0.29) is 16.3 Å². The molecule has 1 fully saturated rings. The monoisotopic (exact) mass is 352 g/mol. The summed E-state index contributed by atoms with van der Waals surface area (Å²) < 4.78 is 46.4. The van der Waals surface area contributed by atoms with Crippen LogP contribution in [0.3, 0.4) is 0 Å². The summed E-state index contributed by atoms with van der Waals surface area (Å²) >= 11 is 3.07. The van der Waals surface area contributed by atoms with E-state index in [4.69, 9.17) is 4.74 Å². The van der Waals surface area contributed by atoms with Crippen molar-refractivity contribution >= 4 is 15.9 Å². The van der Waals surface area contributed by atoms with Crippen molar-refractivity contribution in [3.63, 3.8) is 0 Å². The Morgan fingerprint density at radius 3 is 2.60 bits per heavy atom. The molecule has 0 bridgehead atoms. The summed E-state index contributed by atoms with van der Waals surface area (Å²) in [5.74, 6) is 0.928. The molecule has 1 aliphatic rings. The quantitative estimate of drug-likeness (QED) is 0.734. The van der Waals surface area contributed by atoms with Gasteiger partial charge in [-0.3, -0.25) is 0 Å². The van der Waals surface area contributed by atoms with E-state index in [9.17, 15) is 13.2 Å². The molecular formula is C14H16BrF3O2. The zero-order valence-corrected chi connectivity index (χ0v) is 12.6. The first-order valence-corrected chi connectivity index (χ1v) is 7.35.